The molecule has 8 nitrogen and oxygen atoms in total. The number of hydrogen-bond donors (Lipinski definition) is 1. The third-order valence-corrected chi connectivity index (χ3v) is 5.60. The highest BCUT2D eigenvalue weighted by atomic mass is 32.1. The standard InChI is InChI=1S/C20H22N4O4S/c1-11-17(29-14(4)21-11)20(27)28-13(3)18(25)22-16-12(2)23(5)24(19(16)26)15-9-7-6-8-10-15/h6-10,13H,1-5H3,(H,22,25)/t13-/m0/s1. The van der Waals surface area contributed by atoms with Crippen LogP contribution in [-0.2, 0) is 16.6 Å². The predicted octanol–water partition coefficient (Wildman–Crippen LogP) is 2.74. The van der Waals surface area contributed by atoms with Crippen LogP contribution in [0.1, 0.15) is 33.0 Å². The summed E-state index contributed by atoms with van der Waals surface area (Å²) >= 11 is 1.21. The summed E-state index contributed by atoms with van der Waals surface area (Å²) in [4.78, 5) is 42.3. The van der Waals surface area contributed by atoms with Crippen molar-refractivity contribution in [2.24, 2.45) is 7.05 Å². The van der Waals surface area contributed by atoms with Crippen molar-refractivity contribution < 1.29 is 14.3 Å². The molecule has 3 rings (SSSR count). The van der Waals surface area contributed by atoms with Crippen LogP contribution in [0.25, 0.3) is 5.69 Å². The van der Waals surface area contributed by atoms with E-state index in [4.69, 9.17) is 4.74 Å². The van der Waals surface area contributed by atoms with Crippen molar-refractivity contribution in [1.82, 2.24) is 14.3 Å². The molecule has 0 saturated carbocycles. The summed E-state index contributed by atoms with van der Waals surface area (Å²) in [6.07, 6.45) is -1.08. The molecule has 1 atom stereocenters. The van der Waals surface area contributed by atoms with E-state index in [9.17, 15) is 14.4 Å². The lowest BCUT2D eigenvalue weighted by molar-refractivity contribution is -0.123. The van der Waals surface area contributed by atoms with Gasteiger partial charge in [-0.25, -0.2) is 14.5 Å². The molecule has 0 aliphatic rings. The summed E-state index contributed by atoms with van der Waals surface area (Å²) in [5.74, 6) is -1.19. The third-order valence-electron chi connectivity index (χ3n) is 4.54. The van der Waals surface area contributed by atoms with Crippen molar-refractivity contribution in [2.45, 2.75) is 33.8 Å². The topological polar surface area (TPSA) is 95.2 Å². The Bertz CT molecular complexity index is 1130. The number of benzene rings is 1. The van der Waals surface area contributed by atoms with Gasteiger partial charge < -0.3 is 10.1 Å². The molecule has 0 aliphatic carbocycles. The zero-order valence-corrected chi connectivity index (χ0v) is 17.7. The number of carbonyl (C=O) groups is 2. The van der Waals surface area contributed by atoms with Gasteiger partial charge in [-0.2, -0.15) is 0 Å². The summed E-state index contributed by atoms with van der Waals surface area (Å²) < 4.78 is 8.39. The zero-order valence-electron chi connectivity index (χ0n) is 16.8. The minimum Gasteiger partial charge on any atom is -0.448 e. The predicted molar refractivity (Wildman–Crippen MR) is 111 cm³/mol. The second kappa shape index (κ2) is 8.04. The number of nitrogens with one attached hydrogen (secondary N) is 1. The van der Waals surface area contributed by atoms with Gasteiger partial charge in [0, 0.05) is 7.05 Å². The normalized spacial score (nSPS) is 11.9. The van der Waals surface area contributed by atoms with E-state index in [1.54, 1.807) is 44.6 Å². The second-order valence-electron chi connectivity index (χ2n) is 6.62. The van der Waals surface area contributed by atoms with E-state index < -0.39 is 18.0 Å². The molecule has 0 aliphatic heterocycles. The minimum absolute atomic E-state index is 0.147. The minimum atomic E-state index is -1.08. The summed E-state index contributed by atoms with van der Waals surface area (Å²) in [7, 11) is 1.73. The van der Waals surface area contributed by atoms with Gasteiger partial charge in [-0.1, -0.05) is 18.2 Å². The van der Waals surface area contributed by atoms with Crippen LogP contribution in [0.2, 0.25) is 0 Å². The number of rotatable bonds is 5. The SMILES string of the molecule is Cc1nc(C)c(C(=O)O[C@@H](C)C(=O)Nc2c(C)n(C)n(-c3ccccc3)c2=O)s1. The average molecular weight is 414 g/mol. The average Bonchev–Trinajstić information content (AvgIpc) is 3.13. The molecule has 29 heavy (non-hydrogen) atoms. The number of carbonyl (C=O) groups excluding carboxylic acids is 2. The number of amides is 1. The van der Waals surface area contributed by atoms with Crippen molar-refractivity contribution in [3.8, 4) is 5.69 Å². The molecule has 1 aromatic carbocycles. The number of esters is 1. The van der Waals surface area contributed by atoms with E-state index in [-0.39, 0.29) is 11.2 Å². The fourth-order valence-corrected chi connectivity index (χ4v) is 3.73. The highest BCUT2D eigenvalue weighted by Gasteiger charge is 2.25. The van der Waals surface area contributed by atoms with E-state index in [1.165, 1.54) is 22.9 Å². The van der Waals surface area contributed by atoms with E-state index in [0.29, 0.717) is 22.0 Å². The number of anilines is 1. The number of ether oxygens (including phenoxy) is 1. The Hall–Kier alpha value is -3.20. The van der Waals surface area contributed by atoms with Crippen LogP contribution in [0.3, 0.4) is 0 Å². The second-order valence-corrected chi connectivity index (χ2v) is 7.82. The Morgan fingerprint density at radius 3 is 2.41 bits per heavy atom. The van der Waals surface area contributed by atoms with Gasteiger partial charge in [0.05, 0.1) is 22.1 Å². The van der Waals surface area contributed by atoms with Crippen LogP contribution in [0.4, 0.5) is 5.69 Å². The fourth-order valence-electron chi connectivity index (χ4n) is 2.93. The first-order chi connectivity index (χ1) is 13.7. The van der Waals surface area contributed by atoms with Gasteiger partial charge in [-0.3, -0.25) is 14.3 Å². The largest absolute Gasteiger partial charge is 0.448 e. The molecular weight excluding hydrogens is 392 g/mol. The lowest BCUT2D eigenvalue weighted by Gasteiger charge is -2.12. The van der Waals surface area contributed by atoms with Crippen LogP contribution in [0.5, 0.6) is 0 Å². The van der Waals surface area contributed by atoms with Crippen molar-refractivity contribution in [1.29, 1.82) is 0 Å². The van der Waals surface area contributed by atoms with E-state index in [1.807, 2.05) is 18.2 Å². The van der Waals surface area contributed by atoms with Crippen LogP contribution >= 0.6 is 11.3 Å². The van der Waals surface area contributed by atoms with Crippen molar-refractivity contribution in [2.75, 3.05) is 5.32 Å². The number of thiazole rings is 1. The van der Waals surface area contributed by atoms with Gasteiger partial charge in [0.1, 0.15) is 10.6 Å². The Morgan fingerprint density at radius 1 is 1.17 bits per heavy atom. The van der Waals surface area contributed by atoms with Crippen molar-refractivity contribution in [3.63, 3.8) is 0 Å². The molecule has 0 unspecified atom stereocenters. The molecular formula is C20H22N4O4S. The van der Waals surface area contributed by atoms with E-state index >= 15 is 0 Å². The van der Waals surface area contributed by atoms with Gasteiger partial charge in [0.25, 0.3) is 11.5 Å². The number of para-hydroxylation sites is 1. The zero-order chi connectivity index (χ0) is 21.3. The van der Waals surface area contributed by atoms with Gasteiger partial charge in [0.15, 0.2) is 6.10 Å². The summed E-state index contributed by atoms with van der Waals surface area (Å²) in [5.41, 5.74) is 1.61. The van der Waals surface area contributed by atoms with Gasteiger partial charge >= 0.3 is 5.97 Å². The Balaban J connectivity index is 1.79. The van der Waals surface area contributed by atoms with Crippen molar-refractivity contribution in [3.05, 3.63) is 62.0 Å². The van der Waals surface area contributed by atoms with Gasteiger partial charge in [-0.15, -0.1) is 11.3 Å². The smallest absolute Gasteiger partial charge is 0.351 e. The first-order valence-electron chi connectivity index (χ1n) is 9.00. The Labute approximate surface area is 171 Å². The van der Waals surface area contributed by atoms with Crippen LogP contribution in [0, 0.1) is 20.8 Å². The van der Waals surface area contributed by atoms with Crippen LogP contribution in [0.15, 0.2) is 35.1 Å². The Morgan fingerprint density at radius 2 is 1.83 bits per heavy atom. The summed E-state index contributed by atoms with van der Waals surface area (Å²) in [6, 6.07) is 9.11. The molecule has 1 amide bonds. The van der Waals surface area contributed by atoms with Crippen LogP contribution in [-0.4, -0.2) is 32.3 Å². The maximum atomic E-state index is 12.9. The molecule has 0 bridgehead atoms. The molecule has 0 radical (unpaired) electrons. The van der Waals surface area contributed by atoms with Gasteiger partial charge in [0.2, 0.25) is 0 Å². The molecule has 2 heterocycles. The first kappa shape index (κ1) is 20.5. The molecule has 1 N–H and O–H groups in total. The third kappa shape index (κ3) is 4.00. The van der Waals surface area contributed by atoms with Gasteiger partial charge in [-0.05, 0) is 39.8 Å². The Kier molecular flexibility index (Phi) is 5.69. The summed E-state index contributed by atoms with van der Waals surface area (Å²) in [6.45, 7) is 6.70. The molecule has 0 spiro atoms. The molecule has 0 saturated heterocycles. The number of nitrogens with zero attached hydrogens (tertiary/aromatic N) is 3. The molecule has 3 aromatic rings. The molecule has 152 valence electrons. The maximum Gasteiger partial charge on any atom is 0.351 e. The fraction of sp³-hybridized carbons (Fsp3) is 0.300. The lowest BCUT2D eigenvalue weighted by atomic mass is 10.3. The number of aryl methyl sites for hydroxylation is 2. The first-order valence-corrected chi connectivity index (χ1v) is 9.82. The summed E-state index contributed by atoms with van der Waals surface area (Å²) in [5, 5.41) is 3.35. The monoisotopic (exact) mass is 414 g/mol. The quantitative estimate of drug-likeness (QED) is 0.648. The highest BCUT2D eigenvalue weighted by Crippen LogP contribution is 2.19. The van der Waals surface area contributed by atoms with Crippen LogP contribution < -0.4 is 10.9 Å². The molecule has 0 fully saturated rings. The highest BCUT2D eigenvalue weighted by molar-refractivity contribution is 7.13. The maximum absolute atomic E-state index is 12.9. The lowest BCUT2D eigenvalue weighted by Crippen LogP contribution is -2.32. The molecule has 2 aromatic heterocycles. The van der Waals surface area contributed by atoms with Crippen molar-refractivity contribution >= 4 is 28.9 Å². The molecule has 9 heteroatoms. The van der Waals surface area contributed by atoms with E-state index in [2.05, 4.69) is 10.3 Å². The number of aromatic nitrogens is 3. The van der Waals surface area contributed by atoms with E-state index in [0.717, 1.165) is 5.01 Å². The number of hydrogen-bond acceptors (Lipinski definition) is 6.